The quantitative estimate of drug-likeness (QED) is 0.751. The zero-order valence-electron chi connectivity index (χ0n) is 12.6. The Kier molecular flexibility index (Phi) is 5.90. The van der Waals surface area contributed by atoms with E-state index in [9.17, 15) is 0 Å². The first-order valence-electron chi connectivity index (χ1n) is 7.95. The highest BCUT2D eigenvalue weighted by molar-refractivity contribution is 4.78. The molecule has 1 aromatic heterocycles. The number of nitrogens with zero attached hydrogens (tertiary/aromatic N) is 3. The summed E-state index contributed by atoms with van der Waals surface area (Å²) in [6.45, 7) is 9.77. The summed E-state index contributed by atoms with van der Waals surface area (Å²) in [6.07, 6.45) is 10.7. The Morgan fingerprint density at radius 3 is 2.58 bits per heavy atom. The Morgan fingerprint density at radius 1 is 1.16 bits per heavy atom. The molecule has 0 spiro atoms. The van der Waals surface area contributed by atoms with Crippen molar-refractivity contribution in [2.45, 2.75) is 52.5 Å². The maximum Gasteiger partial charge on any atom is 0.0489 e. The van der Waals surface area contributed by atoms with E-state index in [1.165, 1.54) is 51.7 Å². The summed E-state index contributed by atoms with van der Waals surface area (Å²) in [7, 11) is 0. The van der Waals surface area contributed by atoms with Crippen molar-refractivity contribution < 1.29 is 0 Å². The molecule has 0 amide bonds. The van der Waals surface area contributed by atoms with E-state index in [0.29, 0.717) is 0 Å². The highest BCUT2D eigenvalue weighted by atomic mass is 15.3. The summed E-state index contributed by atoms with van der Waals surface area (Å²) in [6, 6.07) is 2.01. The van der Waals surface area contributed by atoms with Gasteiger partial charge in [-0.3, -0.25) is 4.68 Å². The lowest BCUT2D eigenvalue weighted by atomic mass is 9.90. The van der Waals surface area contributed by atoms with Crippen LogP contribution in [0.5, 0.6) is 0 Å². The van der Waals surface area contributed by atoms with Gasteiger partial charge in [0.05, 0.1) is 0 Å². The predicted molar refractivity (Wildman–Crippen MR) is 80.1 cm³/mol. The number of rotatable bonds is 7. The van der Waals surface area contributed by atoms with Crippen molar-refractivity contribution in [2.75, 3.05) is 19.6 Å². The van der Waals surface area contributed by atoms with Gasteiger partial charge in [-0.15, -0.1) is 0 Å². The normalized spacial score (nSPS) is 18.9. The van der Waals surface area contributed by atoms with E-state index in [0.717, 1.165) is 18.4 Å². The molecule has 0 saturated carbocycles. The standard InChI is InChI=1S/C16H29N3/c1-15(2)16(14-18-10-4-3-5-11-18)8-6-12-19-13-7-9-17-19/h7,9,13,15-16H,3-6,8,10-12,14H2,1-2H3. The van der Waals surface area contributed by atoms with Crippen LogP contribution in [0.4, 0.5) is 0 Å². The molecule has 2 rings (SSSR count). The van der Waals surface area contributed by atoms with Crippen LogP contribution in [0.25, 0.3) is 0 Å². The van der Waals surface area contributed by atoms with Crippen LogP contribution in [-0.2, 0) is 6.54 Å². The molecule has 0 bridgehead atoms. The molecule has 2 heterocycles. The van der Waals surface area contributed by atoms with Gasteiger partial charge in [-0.25, -0.2) is 0 Å². The minimum atomic E-state index is 0.791. The monoisotopic (exact) mass is 263 g/mol. The maximum absolute atomic E-state index is 4.28. The van der Waals surface area contributed by atoms with Gasteiger partial charge in [-0.05, 0) is 56.7 Å². The topological polar surface area (TPSA) is 21.1 Å². The first kappa shape index (κ1) is 14.6. The van der Waals surface area contributed by atoms with E-state index >= 15 is 0 Å². The average molecular weight is 263 g/mol. The fourth-order valence-corrected chi connectivity index (χ4v) is 3.06. The van der Waals surface area contributed by atoms with Crippen LogP contribution in [0.15, 0.2) is 18.5 Å². The molecule has 0 radical (unpaired) electrons. The lowest BCUT2D eigenvalue weighted by molar-refractivity contribution is 0.165. The molecule has 1 saturated heterocycles. The van der Waals surface area contributed by atoms with E-state index in [4.69, 9.17) is 0 Å². The van der Waals surface area contributed by atoms with Crippen molar-refractivity contribution in [1.82, 2.24) is 14.7 Å². The lowest BCUT2D eigenvalue weighted by Crippen LogP contribution is -2.35. The minimum Gasteiger partial charge on any atom is -0.303 e. The second-order valence-corrected chi connectivity index (χ2v) is 6.28. The molecule has 1 aliphatic heterocycles. The van der Waals surface area contributed by atoms with E-state index in [1.54, 1.807) is 0 Å². The van der Waals surface area contributed by atoms with Crippen molar-refractivity contribution in [3.8, 4) is 0 Å². The van der Waals surface area contributed by atoms with Crippen molar-refractivity contribution >= 4 is 0 Å². The highest BCUT2D eigenvalue weighted by Gasteiger charge is 2.18. The van der Waals surface area contributed by atoms with E-state index in [-0.39, 0.29) is 0 Å². The first-order valence-corrected chi connectivity index (χ1v) is 7.95. The second kappa shape index (κ2) is 7.68. The summed E-state index contributed by atoms with van der Waals surface area (Å²) in [5.41, 5.74) is 0. The lowest BCUT2D eigenvalue weighted by Gasteiger charge is -2.32. The van der Waals surface area contributed by atoms with Gasteiger partial charge >= 0.3 is 0 Å². The number of hydrogen-bond donors (Lipinski definition) is 0. The number of hydrogen-bond acceptors (Lipinski definition) is 2. The van der Waals surface area contributed by atoms with Gasteiger partial charge < -0.3 is 4.90 Å². The van der Waals surface area contributed by atoms with Crippen molar-refractivity contribution in [2.24, 2.45) is 11.8 Å². The van der Waals surface area contributed by atoms with E-state index in [2.05, 4.69) is 34.7 Å². The number of piperidine rings is 1. The van der Waals surface area contributed by atoms with Crippen molar-refractivity contribution in [3.05, 3.63) is 18.5 Å². The van der Waals surface area contributed by atoms with Crippen LogP contribution in [0, 0.1) is 11.8 Å². The maximum atomic E-state index is 4.28. The summed E-state index contributed by atoms with van der Waals surface area (Å²) in [4.78, 5) is 2.68. The number of aromatic nitrogens is 2. The van der Waals surface area contributed by atoms with Crippen LogP contribution >= 0.6 is 0 Å². The zero-order valence-corrected chi connectivity index (χ0v) is 12.6. The Morgan fingerprint density at radius 2 is 1.95 bits per heavy atom. The van der Waals surface area contributed by atoms with Crippen LogP contribution in [0.3, 0.4) is 0 Å². The molecule has 0 aliphatic carbocycles. The molecule has 19 heavy (non-hydrogen) atoms. The largest absolute Gasteiger partial charge is 0.303 e. The van der Waals surface area contributed by atoms with Gasteiger partial charge in [0, 0.05) is 25.5 Å². The molecule has 1 atom stereocenters. The summed E-state index contributed by atoms with van der Waals surface area (Å²) < 4.78 is 2.05. The van der Waals surface area contributed by atoms with Gasteiger partial charge in [-0.2, -0.15) is 5.10 Å². The van der Waals surface area contributed by atoms with Gasteiger partial charge in [0.25, 0.3) is 0 Å². The van der Waals surface area contributed by atoms with Crippen LogP contribution in [0.2, 0.25) is 0 Å². The molecule has 108 valence electrons. The van der Waals surface area contributed by atoms with Gasteiger partial charge in [-0.1, -0.05) is 20.3 Å². The number of likely N-dealkylation sites (tertiary alicyclic amines) is 1. The third kappa shape index (κ3) is 4.98. The SMILES string of the molecule is CC(C)C(CCCn1cccn1)CN1CCCCC1. The first-order chi connectivity index (χ1) is 9.25. The van der Waals surface area contributed by atoms with E-state index < -0.39 is 0 Å². The fourth-order valence-electron chi connectivity index (χ4n) is 3.06. The molecular weight excluding hydrogens is 234 g/mol. The Bertz CT molecular complexity index is 326. The Labute approximate surface area is 118 Å². The zero-order chi connectivity index (χ0) is 13.5. The molecule has 1 unspecified atom stereocenters. The molecule has 1 aromatic rings. The highest BCUT2D eigenvalue weighted by Crippen LogP contribution is 2.21. The third-order valence-corrected chi connectivity index (χ3v) is 4.41. The van der Waals surface area contributed by atoms with E-state index in [1.807, 2.05) is 12.3 Å². The summed E-state index contributed by atoms with van der Waals surface area (Å²) in [5.74, 6) is 1.63. The molecule has 1 aliphatic rings. The Balaban J connectivity index is 1.72. The third-order valence-electron chi connectivity index (χ3n) is 4.41. The summed E-state index contributed by atoms with van der Waals surface area (Å²) >= 11 is 0. The minimum absolute atomic E-state index is 0.791. The number of aryl methyl sites for hydroxylation is 1. The van der Waals surface area contributed by atoms with Gasteiger partial charge in [0.15, 0.2) is 0 Å². The van der Waals surface area contributed by atoms with Crippen LogP contribution in [0.1, 0.15) is 46.0 Å². The smallest absolute Gasteiger partial charge is 0.0489 e. The van der Waals surface area contributed by atoms with Crippen molar-refractivity contribution in [1.29, 1.82) is 0 Å². The molecule has 3 heteroatoms. The second-order valence-electron chi connectivity index (χ2n) is 6.28. The Hall–Kier alpha value is -0.830. The van der Waals surface area contributed by atoms with Gasteiger partial charge in [0.1, 0.15) is 0 Å². The van der Waals surface area contributed by atoms with Crippen molar-refractivity contribution in [3.63, 3.8) is 0 Å². The summed E-state index contributed by atoms with van der Waals surface area (Å²) in [5, 5.41) is 4.28. The average Bonchev–Trinajstić information content (AvgIpc) is 2.92. The fraction of sp³-hybridized carbons (Fsp3) is 0.812. The molecule has 3 nitrogen and oxygen atoms in total. The predicted octanol–water partition coefficient (Wildman–Crippen LogP) is 3.42. The van der Waals surface area contributed by atoms with Crippen LogP contribution in [-0.4, -0.2) is 34.3 Å². The molecule has 0 aromatic carbocycles. The molecular formula is C16H29N3. The van der Waals surface area contributed by atoms with Crippen LogP contribution < -0.4 is 0 Å². The molecule has 1 fully saturated rings. The molecule has 0 N–H and O–H groups in total. The van der Waals surface area contributed by atoms with Gasteiger partial charge in [0.2, 0.25) is 0 Å².